The minimum atomic E-state index is 0.588. The molecule has 0 saturated carbocycles. The van der Waals surface area contributed by atoms with Gasteiger partial charge in [0.05, 0.1) is 31.2 Å². The lowest BCUT2D eigenvalue weighted by Gasteiger charge is -2.11. The van der Waals surface area contributed by atoms with Crippen LogP contribution in [0.15, 0.2) is 67.0 Å². The molecule has 2 aromatic carbocycles. The van der Waals surface area contributed by atoms with Gasteiger partial charge in [-0.15, -0.1) is 0 Å². The van der Waals surface area contributed by atoms with Crippen LogP contribution in [0.1, 0.15) is 10.4 Å². The van der Waals surface area contributed by atoms with Crippen molar-refractivity contribution in [2.75, 3.05) is 31.3 Å². The van der Waals surface area contributed by atoms with E-state index in [-0.39, 0.29) is 0 Å². The molecule has 6 nitrogen and oxygen atoms in total. The molecular formula is C21H23N3O3S. The van der Waals surface area contributed by atoms with E-state index in [4.69, 9.17) is 8.92 Å². The molecule has 0 aliphatic rings. The van der Waals surface area contributed by atoms with E-state index in [1.54, 1.807) is 38.6 Å². The van der Waals surface area contributed by atoms with Crippen molar-refractivity contribution in [3.63, 3.8) is 0 Å². The van der Waals surface area contributed by atoms with Gasteiger partial charge in [-0.2, -0.15) is 0 Å². The first-order chi connectivity index (χ1) is 13.7. The van der Waals surface area contributed by atoms with Crippen molar-refractivity contribution in [2.24, 2.45) is 0 Å². The molecule has 0 amide bonds. The number of hydrogen-bond donors (Lipinski definition) is 2. The second kappa shape index (κ2) is 11.6. The standard InChI is InChI=1S/C13H15N3OS.C8H8O2/c1-14-13-8-10(11-4-3-7-15-9-11)5-6-12(13)16-18-17-2;1-10-8-5-3-2-4-7(8)6-9/h3-9,14,16H,1-2H3;2-6H,1H3. The zero-order valence-corrected chi connectivity index (χ0v) is 16.8. The number of ether oxygens (including phenoxy) is 1. The summed E-state index contributed by atoms with van der Waals surface area (Å²) in [5, 5.41) is 3.16. The summed E-state index contributed by atoms with van der Waals surface area (Å²) < 4.78 is 12.9. The number of benzene rings is 2. The first kappa shape index (κ1) is 21.3. The summed E-state index contributed by atoms with van der Waals surface area (Å²) in [7, 11) is 5.06. The van der Waals surface area contributed by atoms with Gasteiger partial charge >= 0.3 is 0 Å². The van der Waals surface area contributed by atoms with Crippen LogP contribution in [-0.4, -0.2) is 32.5 Å². The van der Waals surface area contributed by atoms with Gasteiger partial charge in [0.2, 0.25) is 0 Å². The molecule has 0 unspecified atom stereocenters. The molecule has 0 radical (unpaired) electrons. The minimum Gasteiger partial charge on any atom is -0.496 e. The summed E-state index contributed by atoms with van der Waals surface area (Å²) >= 11 is 1.19. The summed E-state index contributed by atoms with van der Waals surface area (Å²) in [6, 6.07) is 17.2. The van der Waals surface area contributed by atoms with Crippen LogP contribution < -0.4 is 14.8 Å². The SMILES string of the molecule is CNc1cc(-c2cccnc2)ccc1NSOC.COc1ccccc1C=O. The Bertz CT molecular complexity index is 876. The van der Waals surface area contributed by atoms with Crippen molar-refractivity contribution in [3.05, 3.63) is 72.6 Å². The van der Waals surface area contributed by atoms with Crippen LogP contribution in [-0.2, 0) is 4.18 Å². The predicted molar refractivity (Wildman–Crippen MR) is 116 cm³/mol. The van der Waals surface area contributed by atoms with Crippen LogP contribution in [0.2, 0.25) is 0 Å². The number of nitrogens with one attached hydrogen (secondary N) is 2. The molecule has 0 atom stereocenters. The Kier molecular flexibility index (Phi) is 8.84. The van der Waals surface area contributed by atoms with Crippen molar-refractivity contribution < 1.29 is 13.7 Å². The average Bonchev–Trinajstić information content (AvgIpc) is 2.78. The number of rotatable bonds is 7. The largest absolute Gasteiger partial charge is 0.496 e. The van der Waals surface area contributed by atoms with Crippen LogP contribution >= 0.6 is 12.2 Å². The van der Waals surface area contributed by atoms with Crippen molar-refractivity contribution in [2.45, 2.75) is 0 Å². The third kappa shape index (κ3) is 6.00. The second-order valence-electron chi connectivity index (χ2n) is 5.46. The van der Waals surface area contributed by atoms with Gasteiger partial charge in [-0.25, -0.2) is 0 Å². The predicted octanol–water partition coefficient (Wildman–Crippen LogP) is 4.92. The molecule has 1 aromatic heterocycles. The molecule has 28 heavy (non-hydrogen) atoms. The Morgan fingerprint density at radius 1 is 1.00 bits per heavy atom. The van der Waals surface area contributed by atoms with Gasteiger partial charge in [0.1, 0.15) is 18.0 Å². The fourth-order valence-electron chi connectivity index (χ4n) is 2.40. The smallest absolute Gasteiger partial charge is 0.153 e. The van der Waals surface area contributed by atoms with Gasteiger partial charge < -0.3 is 19.0 Å². The van der Waals surface area contributed by atoms with E-state index in [0.29, 0.717) is 11.3 Å². The number of hydrogen-bond acceptors (Lipinski definition) is 7. The summed E-state index contributed by atoms with van der Waals surface area (Å²) in [4.78, 5) is 14.4. The lowest BCUT2D eigenvalue weighted by Crippen LogP contribution is -1.96. The highest BCUT2D eigenvalue weighted by Crippen LogP contribution is 2.29. The van der Waals surface area contributed by atoms with Crippen LogP contribution in [0.3, 0.4) is 0 Å². The summed E-state index contributed by atoms with van der Waals surface area (Å²) in [5.74, 6) is 0.623. The molecular weight excluding hydrogens is 374 g/mol. The zero-order valence-electron chi connectivity index (χ0n) is 16.0. The van der Waals surface area contributed by atoms with E-state index in [0.717, 1.165) is 28.8 Å². The molecule has 0 bridgehead atoms. The van der Waals surface area contributed by atoms with Crippen molar-refractivity contribution >= 4 is 29.9 Å². The Morgan fingerprint density at radius 2 is 1.82 bits per heavy atom. The van der Waals surface area contributed by atoms with E-state index in [1.165, 1.54) is 12.2 Å². The highest BCUT2D eigenvalue weighted by Gasteiger charge is 2.04. The summed E-state index contributed by atoms with van der Waals surface area (Å²) in [5.41, 5.74) is 4.81. The molecule has 1 heterocycles. The Labute approximate surface area is 169 Å². The van der Waals surface area contributed by atoms with Crippen molar-refractivity contribution in [3.8, 4) is 16.9 Å². The number of pyridine rings is 1. The lowest BCUT2D eigenvalue weighted by atomic mass is 10.1. The third-order valence-electron chi connectivity index (χ3n) is 3.78. The molecule has 2 N–H and O–H groups in total. The van der Waals surface area contributed by atoms with E-state index < -0.39 is 0 Å². The molecule has 7 heteroatoms. The molecule has 0 fully saturated rings. The summed E-state index contributed by atoms with van der Waals surface area (Å²) in [6.07, 6.45) is 4.40. The first-order valence-electron chi connectivity index (χ1n) is 8.49. The van der Waals surface area contributed by atoms with Gasteiger partial charge in [-0.05, 0) is 35.9 Å². The van der Waals surface area contributed by atoms with Gasteiger partial charge in [0.15, 0.2) is 6.29 Å². The highest BCUT2D eigenvalue weighted by atomic mass is 32.2. The van der Waals surface area contributed by atoms with Gasteiger partial charge in [0.25, 0.3) is 0 Å². The second-order valence-corrected chi connectivity index (χ2v) is 6.17. The monoisotopic (exact) mass is 397 g/mol. The highest BCUT2D eigenvalue weighted by molar-refractivity contribution is 7.96. The van der Waals surface area contributed by atoms with Crippen LogP contribution in [0.25, 0.3) is 11.1 Å². The van der Waals surface area contributed by atoms with Crippen molar-refractivity contribution in [1.82, 2.24) is 4.98 Å². The molecule has 0 aliphatic carbocycles. The van der Waals surface area contributed by atoms with Gasteiger partial charge in [-0.1, -0.05) is 24.3 Å². The first-order valence-corrected chi connectivity index (χ1v) is 9.23. The number of carbonyl (C=O) groups is 1. The van der Waals surface area contributed by atoms with Crippen molar-refractivity contribution in [1.29, 1.82) is 0 Å². The number of aldehydes is 1. The number of nitrogens with zero attached hydrogens (tertiary/aromatic N) is 1. The molecule has 0 saturated heterocycles. The Morgan fingerprint density at radius 3 is 2.43 bits per heavy atom. The zero-order chi connectivity index (χ0) is 20.2. The molecule has 146 valence electrons. The maximum atomic E-state index is 10.3. The number of anilines is 2. The molecule has 3 rings (SSSR count). The summed E-state index contributed by atoms with van der Waals surface area (Å²) in [6.45, 7) is 0. The van der Waals surface area contributed by atoms with Gasteiger partial charge in [-0.3, -0.25) is 9.78 Å². The molecule has 0 spiro atoms. The average molecular weight is 398 g/mol. The fraction of sp³-hybridized carbons (Fsp3) is 0.143. The normalized spacial score (nSPS) is 9.68. The Balaban J connectivity index is 0.000000237. The molecule has 0 aliphatic heterocycles. The third-order valence-corrected chi connectivity index (χ3v) is 4.25. The Hall–Kier alpha value is -3.03. The number of para-hydroxylation sites is 1. The number of methoxy groups -OCH3 is 1. The van der Waals surface area contributed by atoms with E-state index >= 15 is 0 Å². The van der Waals surface area contributed by atoms with Crippen LogP contribution in [0.5, 0.6) is 5.75 Å². The van der Waals surface area contributed by atoms with E-state index in [1.807, 2.05) is 37.5 Å². The number of aromatic nitrogens is 1. The maximum absolute atomic E-state index is 10.3. The topological polar surface area (TPSA) is 72.5 Å². The molecule has 3 aromatic rings. The van der Waals surface area contributed by atoms with Crippen LogP contribution in [0, 0.1) is 0 Å². The van der Waals surface area contributed by atoms with Gasteiger partial charge in [0, 0.05) is 25.0 Å². The fourth-order valence-corrected chi connectivity index (χ4v) is 2.75. The van der Waals surface area contributed by atoms with Crippen LogP contribution in [0.4, 0.5) is 11.4 Å². The lowest BCUT2D eigenvalue weighted by molar-refractivity contribution is 0.112. The van der Waals surface area contributed by atoms with E-state index in [9.17, 15) is 4.79 Å². The van der Waals surface area contributed by atoms with E-state index in [2.05, 4.69) is 27.2 Å². The number of carbonyl (C=O) groups excluding carboxylic acids is 1. The minimum absolute atomic E-state index is 0.588. The quantitative estimate of drug-likeness (QED) is 0.333. The maximum Gasteiger partial charge on any atom is 0.153 e.